The van der Waals surface area contributed by atoms with Crippen molar-refractivity contribution in [2.45, 2.75) is 34.0 Å². The highest BCUT2D eigenvalue weighted by Gasteiger charge is 2.23. The maximum absolute atomic E-state index is 11.2. The summed E-state index contributed by atoms with van der Waals surface area (Å²) in [5, 5.41) is 0. The Morgan fingerprint density at radius 2 is 1.71 bits per heavy atom. The number of hydrogen-bond acceptors (Lipinski definition) is 4. The molecule has 0 amide bonds. The first-order chi connectivity index (χ1) is 9.79. The molecule has 5 heteroatoms. The van der Waals surface area contributed by atoms with Gasteiger partial charge in [0.05, 0.1) is 0 Å². The molecule has 21 heavy (non-hydrogen) atoms. The Morgan fingerprint density at radius 3 is 2.14 bits per heavy atom. The molecule has 0 bridgehead atoms. The minimum absolute atomic E-state index is 0.0488. The zero-order valence-corrected chi connectivity index (χ0v) is 14.1. The van der Waals surface area contributed by atoms with E-state index in [1.807, 2.05) is 44.2 Å². The fraction of sp³-hybridized carbons (Fsp3) is 0.375. The van der Waals surface area contributed by atoms with Gasteiger partial charge < -0.3 is 9.47 Å². The van der Waals surface area contributed by atoms with Gasteiger partial charge >= 0.3 is 11.9 Å². The molecule has 0 aliphatic carbocycles. The van der Waals surface area contributed by atoms with Crippen LogP contribution in [0.5, 0.6) is 0 Å². The summed E-state index contributed by atoms with van der Waals surface area (Å²) in [6.07, 6.45) is 0.866. The van der Waals surface area contributed by atoms with Crippen molar-refractivity contribution in [1.29, 1.82) is 0 Å². The molecule has 0 aliphatic heterocycles. The van der Waals surface area contributed by atoms with Gasteiger partial charge in [0.2, 0.25) is 0 Å². The first-order valence-corrected chi connectivity index (χ1v) is 7.40. The Bertz CT molecular complexity index is 533. The van der Waals surface area contributed by atoms with Crippen molar-refractivity contribution in [3.63, 3.8) is 0 Å². The molecule has 0 aliphatic rings. The third-order valence-corrected chi connectivity index (χ3v) is 3.16. The van der Waals surface area contributed by atoms with E-state index in [1.54, 1.807) is 0 Å². The molecule has 0 fully saturated rings. The topological polar surface area (TPSA) is 52.6 Å². The van der Waals surface area contributed by atoms with Crippen molar-refractivity contribution in [2.24, 2.45) is 5.92 Å². The third-order valence-electron chi connectivity index (χ3n) is 2.67. The summed E-state index contributed by atoms with van der Waals surface area (Å²) in [7, 11) is 0. The summed E-state index contributed by atoms with van der Waals surface area (Å²) in [5.74, 6) is -0.947. The molecule has 0 aromatic heterocycles. The molecule has 1 aromatic rings. The SMILES string of the molecule is CC(=O)OC(OC(C)=O)C(=Cc1cccc(Br)c1)C(C)C. The highest BCUT2D eigenvalue weighted by molar-refractivity contribution is 9.10. The predicted molar refractivity (Wildman–Crippen MR) is 84.3 cm³/mol. The average Bonchev–Trinajstić information content (AvgIpc) is 2.33. The molecule has 0 saturated heterocycles. The van der Waals surface area contributed by atoms with E-state index in [0.29, 0.717) is 0 Å². The number of rotatable bonds is 5. The lowest BCUT2D eigenvalue weighted by Gasteiger charge is -2.22. The average molecular weight is 355 g/mol. The molecular weight excluding hydrogens is 336 g/mol. The van der Waals surface area contributed by atoms with Crippen molar-refractivity contribution in [3.8, 4) is 0 Å². The highest BCUT2D eigenvalue weighted by Crippen LogP contribution is 2.23. The summed E-state index contributed by atoms with van der Waals surface area (Å²) in [6, 6.07) is 7.68. The van der Waals surface area contributed by atoms with Crippen LogP contribution in [-0.2, 0) is 19.1 Å². The first-order valence-electron chi connectivity index (χ1n) is 6.61. The number of ether oxygens (including phenoxy) is 2. The van der Waals surface area contributed by atoms with Crippen LogP contribution in [0, 0.1) is 5.92 Å². The summed E-state index contributed by atoms with van der Waals surface area (Å²) >= 11 is 3.41. The molecule has 0 spiro atoms. The van der Waals surface area contributed by atoms with E-state index < -0.39 is 18.2 Å². The molecule has 0 N–H and O–H groups in total. The summed E-state index contributed by atoms with van der Waals surface area (Å²) in [5.41, 5.74) is 1.65. The number of halogens is 1. The Labute approximate surface area is 133 Å². The second-order valence-corrected chi connectivity index (χ2v) is 5.82. The Hall–Kier alpha value is -1.62. The number of esters is 2. The van der Waals surface area contributed by atoms with Crippen molar-refractivity contribution in [3.05, 3.63) is 39.9 Å². The number of benzene rings is 1. The minimum Gasteiger partial charge on any atom is -0.421 e. The molecule has 0 saturated carbocycles. The van der Waals surface area contributed by atoms with E-state index in [9.17, 15) is 9.59 Å². The standard InChI is InChI=1S/C16H19BrO4/c1-10(2)15(9-13-6-5-7-14(17)8-13)16(20-11(3)18)21-12(4)19/h5-10,16H,1-4H3. The van der Waals surface area contributed by atoms with Crippen LogP contribution in [0.2, 0.25) is 0 Å². The van der Waals surface area contributed by atoms with E-state index in [4.69, 9.17) is 9.47 Å². The zero-order valence-electron chi connectivity index (χ0n) is 12.6. The van der Waals surface area contributed by atoms with E-state index in [0.717, 1.165) is 15.6 Å². The van der Waals surface area contributed by atoms with Gasteiger partial charge in [-0.3, -0.25) is 9.59 Å². The normalized spacial score (nSPS) is 11.7. The Balaban J connectivity index is 3.16. The third kappa shape index (κ3) is 6.12. The molecule has 0 heterocycles. The van der Waals surface area contributed by atoms with Crippen molar-refractivity contribution in [2.75, 3.05) is 0 Å². The van der Waals surface area contributed by atoms with Crippen LogP contribution in [0.25, 0.3) is 6.08 Å². The smallest absolute Gasteiger partial charge is 0.305 e. The zero-order chi connectivity index (χ0) is 16.0. The lowest BCUT2D eigenvalue weighted by atomic mass is 9.99. The minimum atomic E-state index is -1.00. The maximum Gasteiger partial charge on any atom is 0.305 e. The number of hydrogen-bond donors (Lipinski definition) is 0. The van der Waals surface area contributed by atoms with Gasteiger partial charge in [0.15, 0.2) is 0 Å². The van der Waals surface area contributed by atoms with E-state index in [-0.39, 0.29) is 5.92 Å². The van der Waals surface area contributed by atoms with Gasteiger partial charge in [-0.2, -0.15) is 0 Å². The molecule has 1 aromatic carbocycles. The first kappa shape index (κ1) is 17.4. The van der Waals surface area contributed by atoms with Crippen LogP contribution >= 0.6 is 15.9 Å². The summed E-state index contributed by atoms with van der Waals surface area (Å²) in [6.45, 7) is 6.47. The van der Waals surface area contributed by atoms with E-state index in [1.165, 1.54) is 13.8 Å². The monoisotopic (exact) mass is 354 g/mol. The Morgan fingerprint density at radius 1 is 1.14 bits per heavy atom. The molecule has 0 unspecified atom stereocenters. The van der Waals surface area contributed by atoms with E-state index in [2.05, 4.69) is 15.9 Å². The van der Waals surface area contributed by atoms with Crippen molar-refractivity contribution >= 4 is 33.9 Å². The van der Waals surface area contributed by atoms with Gasteiger partial charge in [0.25, 0.3) is 6.29 Å². The maximum atomic E-state index is 11.2. The van der Waals surface area contributed by atoms with Gasteiger partial charge in [-0.1, -0.05) is 41.9 Å². The van der Waals surface area contributed by atoms with Crippen LogP contribution in [0.4, 0.5) is 0 Å². The highest BCUT2D eigenvalue weighted by atomic mass is 79.9. The largest absolute Gasteiger partial charge is 0.421 e. The summed E-state index contributed by atoms with van der Waals surface area (Å²) < 4.78 is 11.2. The van der Waals surface area contributed by atoms with Crippen molar-refractivity contribution < 1.29 is 19.1 Å². The molecule has 0 radical (unpaired) electrons. The van der Waals surface area contributed by atoms with Gasteiger partial charge in [-0.25, -0.2) is 0 Å². The predicted octanol–water partition coefficient (Wildman–Crippen LogP) is 3.94. The number of carbonyl (C=O) groups excluding carboxylic acids is 2. The van der Waals surface area contributed by atoms with Crippen LogP contribution in [-0.4, -0.2) is 18.2 Å². The molecule has 4 nitrogen and oxygen atoms in total. The Kier molecular flexibility index (Phi) is 6.62. The molecular formula is C16H19BrO4. The lowest BCUT2D eigenvalue weighted by molar-refractivity contribution is -0.178. The fourth-order valence-corrected chi connectivity index (χ4v) is 2.17. The van der Waals surface area contributed by atoms with Gasteiger partial charge in [-0.15, -0.1) is 0 Å². The molecule has 0 atom stereocenters. The fourth-order valence-electron chi connectivity index (χ4n) is 1.76. The second-order valence-electron chi connectivity index (χ2n) is 4.90. The quantitative estimate of drug-likeness (QED) is 0.593. The van der Waals surface area contributed by atoms with Gasteiger partial charge in [0.1, 0.15) is 0 Å². The van der Waals surface area contributed by atoms with Crippen LogP contribution in [0.1, 0.15) is 33.3 Å². The van der Waals surface area contributed by atoms with Gasteiger partial charge in [0, 0.05) is 23.9 Å². The van der Waals surface area contributed by atoms with Crippen molar-refractivity contribution in [1.82, 2.24) is 0 Å². The summed E-state index contributed by atoms with van der Waals surface area (Å²) in [4.78, 5) is 22.4. The van der Waals surface area contributed by atoms with Crippen LogP contribution < -0.4 is 0 Å². The number of carbonyl (C=O) groups is 2. The van der Waals surface area contributed by atoms with Crippen LogP contribution in [0.3, 0.4) is 0 Å². The van der Waals surface area contributed by atoms with E-state index >= 15 is 0 Å². The lowest BCUT2D eigenvalue weighted by Crippen LogP contribution is -2.26. The molecule has 1 rings (SSSR count). The molecule has 114 valence electrons. The van der Waals surface area contributed by atoms with Gasteiger partial charge in [-0.05, 0) is 29.7 Å². The second kappa shape index (κ2) is 7.98. The van der Waals surface area contributed by atoms with Crippen LogP contribution in [0.15, 0.2) is 34.3 Å².